The first-order valence-corrected chi connectivity index (χ1v) is 9.84. The van der Waals surface area contributed by atoms with Gasteiger partial charge in [-0.05, 0) is 52.5 Å². The third-order valence-corrected chi connectivity index (χ3v) is 4.71. The van der Waals surface area contributed by atoms with Gasteiger partial charge in [0.15, 0.2) is 0 Å². The molecule has 0 aliphatic heterocycles. The van der Waals surface area contributed by atoms with Crippen molar-refractivity contribution in [3.63, 3.8) is 0 Å². The first-order chi connectivity index (χ1) is 14.4. The summed E-state index contributed by atoms with van der Waals surface area (Å²) in [4.78, 5) is 34.0. The third-order valence-electron chi connectivity index (χ3n) is 4.04. The Kier molecular flexibility index (Phi) is 8.95. The summed E-state index contributed by atoms with van der Waals surface area (Å²) in [6.07, 6.45) is 2.98. The number of hydrazone groups is 1. The Hall–Kier alpha value is -3.27. The number of nitrogens with one attached hydrogen (secondary N) is 2. The normalized spacial score (nSPS) is 10.6. The molecule has 2 aromatic rings. The fraction of sp³-hybridized carbons (Fsp3) is 0.250. The summed E-state index contributed by atoms with van der Waals surface area (Å²) in [6.45, 7) is -0.209. The summed E-state index contributed by atoms with van der Waals surface area (Å²) in [5, 5.41) is 17.2. The third kappa shape index (κ3) is 7.63. The molecule has 0 atom stereocenters. The van der Waals surface area contributed by atoms with E-state index in [2.05, 4.69) is 31.8 Å². The van der Waals surface area contributed by atoms with E-state index in [1.807, 2.05) is 24.3 Å². The van der Waals surface area contributed by atoms with Gasteiger partial charge in [-0.15, -0.1) is 0 Å². The minimum atomic E-state index is -0.524. The molecule has 2 N–H and O–H groups in total. The minimum absolute atomic E-state index is 0.104. The Labute approximate surface area is 181 Å². The van der Waals surface area contributed by atoms with Gasteiger partial charge in [-0.2, -0.15) is 5.10 Å². The van der Waals surface area contributed by atoms with Crippen LogP contribution < -0.4 is 15.5 Å². The maximum Gasteiger partial charge on any atom is 0.284 e. The van der Waals surface area contributed by atoms with Crippen LogP contribution in [0.25, 0.3) is 0 Å². The zero-order valence-electron chi connectivity index (χ0n) is 16.3. The number of benzene rings is 2. The zero-order valence-corrected chi connectivity index (χ0v) is 17.8. The highest BCUT2D eigenvalue weighted by molar-refractivity contribution is 9.10. The molecule has 2 aromatic carbocycles. The van der Waals surface area contributed by atoms with E-state index in [1.165, 1.54) is 18.3 Å². The number of nitro groups is 1. The van der Waals surface area contributed by atoms with Crippen LogP contribution in [-0.4, -0.2) is 36.6 Å². The molecule has 0 saturated carbocycles. The number of nitrogens with zero attached hydrogens (tertiary/aromatic N) is 2. The lowest BCUT2D eigenvalue weighted by Gasteiger charge is -2.05. The average Bonchev–Trinajstić information content (AvgIpc) is 2.73. The largest absolute Gasteiger partial charge is 0.497 e. The van der Waals surface area contributed by atoms with E-state index >= 15 is 0 Å². The number of rotatable bonds is 10. The van der Waals surface area contributed by atoms with Crippen LogP contribution in [0.5, 0.6) is 5.75 Å². The Morgan fingerprint density at radius 3 is 2.60 bits per heavy atom. The van der Waals surface area contributed by atoms with Gasteiger partial charge in [0.25, 0.3) is 11.6 Å². The van der Waals surface area contributed by atoms with Gasteiger partial charge >= 0.3 is 0 Å². The summed E-state index contributed by atoms with van der Waals surface area (Å²) in [5.41, 5.74) is 3.71. The molecule has 0 heterocycles. The van der Waals surface area contributed by atoms with Crippen molar-refractivity contribution in [1.82, 2.24) is 10.7 Å². The first-order valence-electron chi connectivity index (χ1n) is 9.04. The van der Waals surface area contributed by atoms with Crippen molar-refractivity contribution in [3.8, 4) is 5.75 Å². The van der Waals surface area contributed by atoms with Crippen molar-refractivity contribution >= 4 is 39.6 Å². The van der Waals surface area contributed by atoms with E-state index in [-0.39, 0.29) is 18.1 Å². The smallest absolute Gasteiger partial charge is 0.284 e. The molecule has 0 aliphatic carbocycles. The van der Waals surface area contributed by atoms with Gasteiger partial charge in [0.1, 0.15) is 5.75 Å². The molecule has 0 unspecified atom stereocenters. The zero-order chi connectivity index (χ0) is 21.9. The van der Waals surface area contributed by atoms with Gasteiger partial charge in [0, 0.05) is 18.1 Å². The lowest BCUT2D eigenvalue weighted by Crippen LogP contribution is -2.34. The number of amides is 2. The van der Waals surface area contributed by atoms with Gasteiger partial charge in [-0.25, -0.2) is 5.43 Å². The van der Waals surface area contributed by atoms with Crippen LogP contribution in [0.4, 0.5) is 5.69 Å². The molecule has 0 fully saturated rings. The maximum absolute atomic E-state index is 11.8. The monoisotopic (exact) mass is 476 g/mol. The Morgan fingerprint density at radius 2 is 1.93 bits per heavy atom. The standard InChI is InChI=1S/C20H21BrN4O5/c1-30-16-8-5-14(6-9-16)3-2-4-19(26)22-13-20(27)24-23-12-15-7-10-17(21)18(11-15)25(28)29/h5-12H,2-4,13H2,1H3,(H,22,26)(H,24,27)/b23-12+. The molecule has 0 saturated heterocycles. The summed E-state index contributed by atoms with van der Waals surface area (Å²) in [6, 6.07) is 12.1. The molecule has 0 bridgehead atoms. The Balaban J connectivity index is 1.68. The van der Waals surface area contributed by atoms with Gasteiger partial charge < -0.3 is 10.1 Å². The molecular weight excluding hydrogens is 456 g/mol. The lowest BCUT2D eigenvalue weighted by atomic mass is 10.1. The second-order valence-corrected chi connectivity index (χ2v) is 7.09. The average molecular weight is 477 g/mol. The van der Waals surface area contributed by atoms with E-state index in [9.17, 15) is 19.7 Å². The fourth-order valence-electron chi connectivity index (χ4n) is 2.48. The van der Waals surface area contributed by atoms with Crippen molar-refractivity contribution in [2.24, 2.45) is 5.10 Å². The first kappa shape index (κ1) is 23.0. The number of aryl methyl sites for hydroxylation is 1. The van der Waals surface area contributed by atoms with Crippen LogP contribution in [-0.2, 0) is 16.0 Å². The molecular formula is C20H21BrN4O5. The molecule has 0 aliphatic rings. The number of hydrogen-bond donors (Lipinski definition) is 2. The van der Waals surface area contributed by atoms with E-state index < -0.39 is 10.8 Å². The highest BCUT2D eigenvalue weighted by Crippen LogP contribution is 2.24. The molecule has 2 amide bonds. The van der Waals surface area contributed by atoms with Gasteiger partial charge in [-0.3, -0.25) is 19.7 Å². The summed E-state index contributed by atoms with van der Waals surface area (Å²) < 4.78 is 5.45. The topological polar surface area (TPSA) is 123 Å². The van der Waals surface area contributed by atoms with Crippen molar-refractivity contribution in [2.45, 2.75) is 19.3 Å². The van der Waals surface area contributed by atoms with Crippen LogP contribution in [0, 0.1) is 10.1 Å². The number of halogens is 1. The second kappa shape index (κ2) is 11.7. The molecule has 9 nitrogen and oxygen atoms in total. The maximum atomic E-state index is 11.8. The Morgan fingerprint density at radius 1 is 1.20 bits per heavy atom. The number of ether oxygens (including phenoxy) is 1. The number of carbonyl (C=O) groups excluding carboxylic acids is 2. The second-order valence-electron chi connectivity index (χ2n) is 6.24. The number of hydrogen-bond acceptors (Lipinski definition) is 6. The molecule has 0 aromatic heterocycles. The highest BCUT2D eigenvalue weighted by atomic mass is 79.9. The number of nitro benzene ring substituents is 1. The van der Waals surface area contributed by atoms with Crippen molar-refractivity contribution in [2.75, 3.05) is 13.7 Å². The summed E-state index contributed by atoms with van der Waals surface area (Å²) in [7, 11) is 1.60. The molecule has 158 valence electrons. The Bertz CT molecular complexity index is 931. The molecule has 0 spiro atoms. The molecule has 10 heteroatoms. The predicted molar refractivity (Wildman–Crippen MR) is 115 cm³/mol. The highest BCUT2D eigenvalue weighted by Gasteiger charge is 2.11. The quantitative estimate of drug-likeness (QED) is 0.310. The van der Waals surface area contributed by atoms with Crippen LogP contribution in [0.1, 0.15) is 24.0 Å². The molecule has 30 heavy (non-hydrogen) atoms. The van der Waals surface area contributed by atoms with E-state index in [0.717, 1.165) is 17.7 Å². The minimum Gasteiger partial charge on any atom is -0.497 e. The van der Waals surface area contributed by atoms with Crippen LogP contribution in [0.2, 0.25) is 0 Å². The van der Waals surface area contributed by atoms with Gasteiger partial charge in [-0.1, -0.05) is 18.2 Å². The lowest BCUT2D eigenvalue weighted by molar-refractivity contribution is -0.385. The van der Waals surface area contributed by atoms with Crippen LogP contribution in [0.3, 0.4) is 0 Å². The summed E-state index contributed by atoms with van der Waals surface area (Å²) >= 11 is 3.09. The SMILES string of the molecule is COc1ccc(CCCC(=O)NCC(=O)N/N=C/c2ccc(Br)c([N+](=O)[O-])c2)cc1. The van der Waals surface area contributed by atoms with Gasteiger partial charge in [0.05, 0.1) is 29.3 Å². The molecule has 0 radical (unpaired) electrons. The predicted octanol–water partition coefficient (Wildman–Crippen LogP) is 2.96. The number of methoxy groups -OCH3 is 1. The summed E-state index contributed by atoms with van der Waals surface area (Å²) in [5.74, 6) is 0.0519. The van der Waals surface area contributed by atoms with E-state index in [1.54, 1.807) is 13.2 Å². The van der Waals surface area contributed by atoms with Crippen molar-refractivity contribution in [3.05, 3.63) is 68.2 Å². The molecule has 2 rings (SSSR count). The van der Waals surface area contributed by atoms with Crippen LogP contribution >= 0.6 is 15.9 Å². The van der Waals surface area contributed by atoms with Gasteiger partial charge in [0.2, 0.25) is 5.91 Å². The van der Waals surface area contributed by atoms with Crippen LogP contribution in [0.15, 0.2) is 52.0 Å². The number of carbonyl (C=O) groups is 2. The van der Waals surface area contributed by atoms with E-state index in [0.29, 0.717) is 22.9 Å². The fourth-order valence-corrected chi connectivity index (χ4v) is 2.87. The van der Waals surface area contributed by atoms with E-state index in [4.69, 9.17) is 4.74 Å². The van der Waals surface area contributed by atoms with Crippen molar-refractivity contribution < 1.29 is 19.2 Å². The van der Waals surface area contributed by atoms with Crippen molar-refractivity contribution in [1.29, 1.82) is 0 Å².